The lowest BCUT2D eigenvalue weighted by molar-refractivity contribution is -0.150. The number of benzene rings is 1. The fourth-order valence-corrected chi connectivity index (χ4v) is 3.70. The van der Waals surface area contributed by atoms with E-state index in [-0.39, 0.29) is 18.5 Å². The highest BCUT2D eigenvalue weighted by Gasteiger charge is 2.35. The summed E-state index contributed by atoms with van der Waals surface area (Å²) < 4.78 is 5.10. The Balaban J connectivity index is 1.61. The SMILES string of the molecule is CN1CC(=O)N(CC(=O)OCC(=O)N(c2ccccc2)C2CCCCC2)C1=O. The standard InChI is InChI=1S/C20H25N3O5/c1-21-12-17(24)22(20(21)27)13-19(26)28-14-18(25)23(15-8-4-2-5-9-15)16-10-6-3-7-11-16/h2,4-5,8-9,16H,3,6-7,10-14H2,1H3. The van der Waals surface area contributed by atoms with E-state index in [1.165, 1.54) is 11.9 Å². The third-order valence-corrected chi connectivity index (χ3v) is 5.12. The van der Waals surface area contributed by atoms with Crippen LogP contribution < -0.4 is 4.90 Å². The molecule has 3 rings (SSSR count). The van der Waals surface area contributed by atoms with Crippen molar-refractivity contribution in [3.63, 3.8) is 0 Å². The summed E-state index contributed by atoms with van der Waals surface area (Å²) in [5.41, 5.74) is 0.780. The number of urea groups is 1. The molecule has 8 heteroatoms. The molecule has 1 aliphatic heterocycles. The summed E-state index contributed by atoms with van der Waals surface area (Å²) in [4.78, 5) is 52.3. The molecule has 1 saturated heterocycles. The number of ether oxygens (including phenoxy) is 1. The van der Waals surface area contributed by atoms with Crippen molar-refractivity contribution >= 4 is 29.5 Å². The Labute approximate surface area is 164 Å². The Bertz CT molecular complexity index is 745. The van der Waals surface area contributed by atoms with E-state index < -0.39 is 31.1 Å². The van der Waals surface area contributed by atoms with Gasteiger partial charge in [-0.05, 0) is 25.0 Å². The minimum absolute atomic E-state index is 0.0610. The van der Waals surface area contributed by atoms with Crippen LogP contribution in [0.15, 0.2) is 30.3 Å². The maximum Gasteiger partial charge on any atom is 0.327 e. The van der Waals surface area contributed by atoms with Gasteiger partial charge >= 0.3 is 12.0 Å². The molecule has 0 unspecified atom stereocenters. The van der Waals surface area contributed by atoms with Gasteiger partial charge in [0.25, 0.3) is 11.8 Å². The predicted molar refractivity (Wildman–Crippen MR) is 101 cm³/mol. The predicted octanol–water partition coefficient (Wildman–Crippen LogP) is 1.79. The lowest BCUT2D eigenvalue weighted by Crippen LogP contribution is -2.44. The van der Waals surface area contributed by atoms with Crippen molar-refractivity contribution in [1.82, 2.24) is 9.80 Å². The molecule has 8 nitrogen and oxygen atoms in total. The number of carbonyl (C=O) groups excluding carboxylic acids is 4. The molecule has 0 radical (unpaired) electrons. The second-order valence-corrected chi connectivity index (χ2v) is 7.17. The lowest BCUT2D eigenvalue weighted by atomic mass is 9.93. The Hall–Kier alpha value is -2.90. The number of likely N-dealkylation sites (N-methyl/N-ethyl adjacent to an activating group) is 1. The van der Waals surface area contributed by atoms with Crippen LogP contribution in [0, 0.1) is 0 Å². The number of hydrogen-bond acceptors (Lipinski definition) is 5. The molecule has 4 amide bonds. The van der Waals surface area contributed by atoms with Gasteiger partial charge in [-0.1, -0.05) is 37.5 Å². The van der Waals surface area contributed by atoms with Gasteiger partial charge in [-0.25, -0.2) is 4.79 Å². The van der Waals surface area contributed by atoms with E-state index in [9.17, 15) is 19.2 Å². The van der Waals surface area contributed by atoms with Crippen LogP contribution in [0.4, 0.5) is 10.5 Å². The number of carbonyl (C=O) groups is 4. The molecule has 2 aliphatic rings. The number of nitrogens with zero attached hydrogens (tertiary/aromatic N) is 3. The average Bonchev–Trinajstić information content (AvgIpc) is 2.94. The zero-order chi connectivity index (χ0) is 20.1. The van der Waals surface area contributed by atoms with E-state index in [0.29, 0.717) is 0 Å². The molecule has 150 valence electrons. The first-order chi connectivity index (χ1) is 13.5. The Morgan fingerprint density at radius 3 is 2.39 bits per heavy atom. The number of anilines is 1. The van der Waals surface area contributed by atoms with E-state index in [2.05, 4.69) is 0 Å². The highest BCUT2D eigenvalue weighted by atomic mass is 16.5. The molecule has 1 heterocycles. The first kappa shape index (κ1) is 19.9. The third-order valence-electron chi connectivity index (χ3n) is 5.12. The van der Waals surface area contributed by atoms with Crippen LogP contribution in [-0.4, -0.2) is 66.4 Å². The fraction of sp³-hybridized carbons (Fsp3) is 0.500. The molecule has 28 heavy (non-hydrogen) atoms. The van der Waals surface area contributed by atoms with Crippen LogP contribution in [0.25, 0.3) is 0 Å². The zero-order valence-corrected chi connectivity index (χ0v) is 16.0. The van der Waals surface area contributed by atoms with E-state index in [1.807, 2.05) is 30.3 Å². The largest absolute Gasteiger partial charge is 0.454 e. The Kier molecular flexibility index (Phi) is 6.28. The normalized spacial score (nSPS) is 17.8. The maximum atomic E-state index is 12.9. The van der Waals surface area contributed by atoms with Gasteiger partial charge in [-0.15, -0.1) is 0 Å². The molecule has 2 fully saturated rings. The molecule has 0 aromatic heterocycles. The molecule has 1 aromatic carbocycles. The summed E-state index contributed by atoms with van der Waals surface area (Å²) in [7, 11) is 1.48. The van der Waals surface area contributed by atoms with Gasteiger partial charge in [0.1, 0.15) is 13.1 Å². The van der Waals surface area contributed by atoms with Gasteiger partial charge in [0.05, 0.1) is 0 Å². The summed E-state index contributed by atoms with van der Waals surface area (Å²) in [5.74, 6) is -1.53. The van der Waals surface area contributed by atoms with Gasteiger partial charge in [-0.3, -0.25) is 19.3 Å². The van der Waals surface area contributed by atoms with Crippen molar-refractivity contribution in [3.05, 3.63) is 30.3 Å². The van der Waals surface area contributed by atoms with Crippen LogP contribution in [0.5, 0.6) is 0 Å². The summed E-state index contributed by atoms with van der Waals surface area (Å²) in [6.07, 6.45) is 5.12. The average molecular weight is 387 g/mol. The molecular weight excluding hydrogens is 362 g/mol. The van der Waals surface area contributed by atoms with Crippen LogP contribution in [0.1, 0.15) is 32.1 Å². The van der Waals surface area contributed by atoms with Crippen LogP contribution in [-0.2, 0) is 19.1 Å². The number of amides is 4. The van der Waals surface area contributed by atoms with Gasteiger partial charge in [0.2, 0.25) is 0 Å². The molecular formula is C20H25N3O5. The zero-order valence-electron chi connectivity index (χ0n) is 16.0. The van der Waals surface area contributed by atoms with Crippen molar-refractivity contribution in [2.45, 2.75) is 38.1 Å². The Morgan fingerprint density at radius 1 is 1.11 bits per heavy atom. The van der Waals surface area contributed by atoms with Crippen LogP contribution in [0.2, 0.25) is 0 Å². The monoisotopic (exact) mass is 387 g/mol. The summed E-state index contributed by atoms with van der Waals surface area (Å²) >= 11 is 0. The lowest BCUT2D eigenvalue weighted by Gasteiger charge is -2.34. The molecule has 0 spiro atoms. The number of rotatable bonds is 6. The van der Waals surface area contributed by atoms with Gasteiger partial charge in [0, 0.05) is 18.8 Å². The van der Waals surface area contributed by atoms with E-state index >= 15 is 0 Å². The summed E-state index contributed by atoms with van der Waals surface area (Å²) in [6, 6.07) is 8.89. The van der Waals surface area contributed by atoms with Crippen molar-refractivity contribution in [2.75, 3.05) is 31.6 Å². The second kappa shape index (κ2) is 8.86. The highest BCUT2D eigenvalue weighted by molar-refractivity contribution is 6.04. The topological polar surface area (TPSA) is 87.2 Å². The third kappa shape index (κ3) is 4.49. The van der Waals surface area contributed by atoms with E-state index in [0.717, 1.165) is 42.7 Å². The van der Waals surface area contributed by atoms with Gasteiger partial charge in [-0.2, -0.15) is 0 Å². The van der Waals surface area contributed by atoms with Gasteiger partial charge in [0.15, 0.2) is 6.61 Å². The number of esters is 1. The minimum atomic E-state index is -0.776. The summed E-state index contributed by atoms with van der Waals surface area (Å²) in [6.45, 7) is -0.963. The van der Waals surface area contributed by atoms with Crippen LogP contribution in [0.3, 0.4) is 0 Å². The molecule has 0 atom stereocenters. The second-order valence-electron chi connectivity index (χ2n) is 7.17. The van der Waals surface area contributed by atoms with Crippen molar-refractivity contribution in [3.8, 4) is 0 Å². The van der Waals surface area contributed by atoms with E-state index in [4.69, 9.17) is 4.74 Å². The first-order valence-corrected chi connectivity index (χ1v) is 9.55. The number of imide groups is 1. The van der Waals surface area contributed by atoms with E-state index in [1.54, 1.807) is 4.90 Å². The molecule has 0 N–H and O–H groups in total. The number of para-hydroxylation sites is 1. The highest BCUT2D eigenvalue weighted by Crippen LogP contribution is 2.27. The van der Waals surface area contributed by atoms with Crippen LogP contribution >= 0.6 is 0 Å². The first-order valence-electron chi connectivity index (χ1n) is 9.55. The minimum Gasteiger partial charge on any atom is -0.454 e. The van der Waals surface area contributed by atoms with Crippen molar-refractivity contribution in [2.24, 2.45) is 0 Å². The van der Waals surface area contributed by atoms with Crippen molar-refractivity contribution < 1.29 is 23.9 Å². The maximum absolute atomic E-state index is 12.9. The number of hydrogen-bond donors (Lipinski definition) is 0. The molecule has 1 saturated carbocycles. The van der Waals surface area contributed by atoms with Crippen molar-refractivity contribution in [1.29, 1.82) is 0 Å². The molecule has 1 aliphatic carbocycles. The summed E-state index contributed by atoms with van der Waals surface area (Å²) in [5, 5.41) is 0. The molecule has 1 aromatic rings. The quantitative estimate of drug-likeness (QED) is 0.549. The van der Waals surface area contributed by atoms with Gasteiger partial charge < -0.3 is 14.5 Å². The Morgan fingerprint density at radius 2 is 1.79 bits per heavy atom. The smallest absolute Gasteiger partial charge is 0.327 e. The molecule has 0 bridgehead atoms. The fourth-order valence-electron chi connectivity index (χ4n) is 3.70.